The highest BCUT2D eigenvalue weighted by molar-refractivity contribution is 5.67. The summed E-state index contributed by atoms with van der Waals surface area (Å²) < 4.78 is 5.44. The molecule has 16 heavy (non-hydrogen) atoms. The molecule has 88 valence electrons. The molecule has 0 heterocycles. The third-order valence-electron chi connectivity index (χ3n) is 2.15. The third kappa shape index (κ3) is 4.42. The number of carboxylic acid groups (broad SMARTS) is 1. The van der Waals surface area contributed by atoms with Crippen LogP contribution in [0.5, 0.6) is 0 Å². The Hall–Kier alpha value is -1.39. The summed E-state index contributed by atoms with van der Waals surface area (Å²) in [6.45, 7) is 0.415. The standard InChI is InChI=1S/C12H16O4/c13-7-4-8-16-11(9-12(14)15)10-5-2-1-3-6-10/h1-3,5-6,11,13H,4,7-9H2,(H,14,15). The molecule has 4 heteroatoms. The summed E-state index contributed by atoms with van der Waals surface area (Å²) in [5.74, 6) is -0.891. The van der Waals surface area contributed by atoms with E-state index in [1.807, 2.05) is 30.3 Å². The molecule has 1 atom stereocenters. The molecule has 0 spiro atoms. The molecule has 1 rings (SSSR count). The van der Waals surface area contributed by atoms with Gasteiger partial charge in [0.25, 0.3) is 0 Å². The van der Waals surface area contributed by atoms with Crippen molar-refractivity contribution in [1.29, 1.82) is 0 Å². The highest BCUT2D eigenvalue weighted by Crippen LogP contribution is 2.20. The van der Waals surface area contributed by atoms with E-state index >= 15 is 0 Å². The highest BCUT2D eigenvalue weighted by atomic mass is 16.5. The van der Waals surface area contributed by atoms with Crippen LogP contribution in [0.1, 0.15) is 24.5 Å². The maximum absolute atomic E-state index is 10.7. The molecule has 0 amide bonds. The van der Waals surface area contributed by atoms with E-state index in [-0.39, 0.29) is 13.0 Å². The van der Waals surface area contributed by atoms with Crippen molar-refractivity contribution in [3.8, 4) is 0 Å². The van der Waals surface area contributed by atoms with Gasteiger partial charge in [0, 0.05) is 13.2 Å². The lowest BCUT2D eigenvalue weighted by molar-refractivity contribution is -0.140. The Labute approximate surface area is 94.5 Å². The Kier molecular flexibility index (Phi) is 5.53. The number of rotatable bonds is 7. The Morgan fingerprint density at radius 2 is 2.00 bits per heavy atom. The summed E-state index contributed by atoms with van der Waals surface area (Å²) in [6.07, 6.45) is 0.0172. The minimum atomic E-state index is -0.891. The predicted molar refractivity (Wildman–Crippen MR) is 59.1 cm³/mol. The van der Waals surface area contributed by atoms with Crippen LogP contribution in [0, 0.1) is 0 Å². The fraction of sp³-hybridized carbons (Fsp3) is 0.417. The topological polar surface area (TPSA) is 66.8 Å². The zero-order valence-corrected chi connectivity index (χ0v) is 9.00. The van der Waals surface area contributed by atoms with Crippen LogP contribution in [0.25, 0.3) is 0 Å². The molecule has 1 aromatic rings. The van der Waals surface area contributed by atoms with Gasteiger partial charge in [0.15, 0.2) is 0 Å². The molecule has 0 fully saturated rings. The molecule has 0 bridgehead atoms. The van der Waals surface area contributed by atoms with Crippen molar-refractivity contribution in [2.45, 2.75) is 18.9 Å². The van der Waals surface area contributed by atoms with Crippen molar-refractivity contribution in [3.63, 3.8) is 0 Å². The molecule has 0 aliphatic carbocycles. The zero-order valence-electron chi connectivity index (χ0n) is 9.00. The molecule has 2 N–H and O–H groups in total. The predicted octanol–water partition coefficient (Wildman–Crippen LogP) is 1.60. The number of aliphatic hydroxyl groups excluding tert-OH is 1. The molecule has 0 aromatic heterocycles. The van der Waals surface area contributed by atoms with E-state index in [2.05, 4.69) is 0 Å². The number of hydrogen-bond donors (Lipinski definition) is 2. The summed E-state index contributed by atoms with van der Waals surface area (Å²) in [5, 5.41) is 17.4. The first-order valence-electron chi connectivity index (χ1n) is 5.23. The van der Waals surface area contributed by atoms with E-state index in [0.717, 1.165) is 5.56 Å². The summed E-state index contributed by atoms with van der Waals surface area (Å²) in [4.78, 5) is 10.7. The fourth-order valence-electron chi connectivity index (χ4n) is 1.39. The average Bonchev–Trinajstić information content (AvgIpc) is 2.29. The number of benzene rings is 1. The van der Waals surface area contributed by atoms with Gasteiger partial charge >= 0.3 is 5.97 Å². The normalized spacial score (nSPS) is 12.3. The Morgan fingerprint density at radius 1 is 1.31 bits per heavy atom. The second-order valence-electron chi connectivity index (χ2n) is 3.45. The van der Waals surface area contributed by atoms with E-state index in [1.54, 1.807) is 0 Å². The molecule has 0 aliphatic rings. The van der Waals surface area contributed by atoms with Crippen molar-refractivity contribution < 1.29 is 19.7 Å². The van der Waals surface area contributed by atoms with Crippen LogP contribution in [0.4, 0.5) is 0 Å². The third-order valence-corrected chi connectivity index (χ3v) is 2.15. The van der Waals surface area contributed by atoms with Gasteiger partial charge in [-0.2, -0.15) is 0 Å². The van der Waals surface area contributed by atoms with Crippen molar-refractivity contribution in [3.05, 3.63) is 35.9 Å². The number of carbonyl (C=O) groups is 1. The SMILES string of the molecule is O=C(O)CC(OCCCO)c1ccccc1. The minimum absolute atomic E-state index is 0.0502. The van der Waals surface area contributed by atoms with Crippen LogP contribution in [0.3, 0.4) is 0 Å². The van der Waals surface area contributed by atoms with Gasteiger partial charge in [-0.05, 0) is 12.0 Å². The van der Waals surface area contributed by atoms with E-state index in [0.29, 0.717) is 13.0 Å². The smallest absolute Gasteiger partial charge is 0.306 e. The maximum atomic E-state index is 10.7. The second-order valence-corrected chi connectivity index (χ2v) is 3.45. The van der Waals surface area contributed by atoms with Crippen molar-refractivity contribution in [2.24, 2.45) is 0 Å². The molecule has 1 aromatic carbocycles. The first-order valence-corrected chi connectivity index (χ1v) is 5.23. The number of aliphatic carboxylic acids is 1. The Balaban J connectivity index is 2.60. The summed E-state index contributed by atoms with van der Waals surface area (Å²) in [7, 11) is 0. The van der Waals surface area contributed by atoms with Gasteiger partial charge in [-0.25, -0.2) is 0 Å². The fourth-order valence-corrected chi connectivity index (χ4v) is 1.39. The molecule has 1 unspecified atom stereocenters. The first-order chi connectivity index (χ1) is 7.74. The van der Waals surface area contributed by atoms with Crippen LogP contribution in [-0.4, -0.2) is 29.4 Å². The largest absolute Gasteiger partial charge is 0.481 e. The van der Waals surface area contributed by atoms with Crippen LogP contribution in [0.15, 0.2) is 30.3 Å². The van der Waals surface area contributed by atoms with Crippen LogP contribution in [0.2, 0.25) is 0 Å². The van der Waals surface area contributed by atoms with E-state index in [1.165, 1.54) is 0 Å². The maximum Gasteiger partial charge on any atom is 0.306 e. The van der Waals surface area contributed by atoms with Gasteiger partial charge in [-0.3, -0.25) is 4.79 Å². The number of hydrogen-bond acceptors (Lipinski definition) is 3. The first kappa shape index (κ1) is 12.7. The molecule has 4 nitrogen and oxygen atoms in total. The summed E-state index contributed by atoms with van der Waals surface area (Å²) in [6, 6.07) is 9.24. The molecular weight excluding hydrogens is 208 g/mol. The van der Waals surface area contributed by atoms with Crippen LogP contribution in [-0.2, 0) is 9.53 Å². The van der Waals surface area contributed by atoms with Gasteiger partial charge in [-0.15, -0.1) is 0 Å². The zero-order chi connectivity index (χ0) is 11.8. The lowest BCUT2D eigenvalue weighted by Gasteiger charge is -2.16. The quantitative estimate of drug-likeness (QED) is 0.690. The monoisotopic (exact) mass is 224 g/mol. The highest BCUT2D eigenvalue weighted by Gasteiger charge is 2.15. The lowest BCUT2D eigenvalue weighted by atomic mass is 10.1. The molecule has 0 saturated heterocycles. The van der Waals surface area contributed by atoms with E-state index < -0.39 is 12.1 Å². The second kappa shape index (κ2) is 6.98. The molecule has 0 aliphatic heterocycles. The van der Waals surface area contributed by atoms with Gasteiger partial charge in [0.05, 0.1) is 12.5 Å². The molecule has 0 saturated carbocycles. The molecular formula is C12H16O4. The number of aliphatic hydroxyl groups is 1. The van der Waals surface area contributed by atoms with Crippen molar-refractivity contribution in [1.82, 2.24) is 0 Å². The van der Waals surface area contributed by atoms with Crippen LogP contribution >= 0.6 is 0 Å². The number of ether oxygens (including phenoxy) is 1. The van der Waals surface area contributed by atoms with Crippen molar-refractivity contribution in [2.75, 3.05) is 13.2 Å². The summed E-state index contributed by atoms with van der Waals surface area (Å²) >= 11 is 0. The summed E-state index contributed by atoms with van der Waals surface area (Å²) in [5.41, 5.74) is 0.850. The van der Waals surface area contributed by atoms with Gasteiger partial charge in [0.1, 0.15) is 0 Å². The number of carboxylic acids is 1. The minimum Gasteiger partial charge on any atom is -0.481 e. The van der Waals surface area contributed by atoms with Crippen molar-refractivity contribution >= 4 is 5.97 Å². The van der Waals surface area contributed by atoms with Crippen LogP contribution < -0.4 is 0 Å². The molecule has 0 radical (unpaired) electrons. The van der Waals surface area contributed by atoms with E-state index in [4.69, 9.17) is 14.9 Å². The lowest BCUT2D eigenvalue weighted by Crippen LogP contribution is -2.11. The van der Waals surface area contributed by atoms with E-state index in [9.17, 15) is 4.79 Å². The van der Waals surface area contributed by atoms with Gasteiger partial charge < -0.3 is 14.9 Å². The van der Waals surface area contributed by atoms with Gasteiger partial charge in [-0.1, -0.05) is 30.3 Å². The Morgan fingerprint density at radius 3 is 2.56 bits per heavy atom. The Bertz CT molecular complexity index is 310. The van der Waals surface area contributed by atoms with Gasteiger partial charge in [0.2, 0.25) is 0 Å². The average molecular weight is 224 g/mol.